The van der Waals surface area contributed by atoms with Crippen molar-refractivity contribution in [3.63, 3.8) is 0 Å². The van der Waals surface area contributed by atoms with Crippen molar-refractivity contribution >= 4 is 29.2 Å². The van der Waals surface area contributed by atoms with E-state index >= 15 is 0 Å². The maximum absolute atomic E-state index is 12.7. The van der Waals surface area contributed by atoms with Crippen LogP contribution in [0.4, 0.5) is 0 Å². The number of nitrogens with zero attached hydrogens (tertiary/aromatic N) is 2. The normalized spacial score (nSPS) is 22.9. The van der Waals surface area contributed by atoms with Crippen LogP contribution in [0.25, 0.3) is 0 Å². The average molecular weight is 493 g/mol. The van der Waals surface area contributed by atoms with E-state index in [9.17, 15) is 24.9 Å². The Labute approximate surface area is 202 Å². The number of benzene rings is 1. The van der Waals surface area contributed by atoms with Crippen LogP contribution in [0.1, 0.15) is 48.0 Å². The molecule has 0 aliphatic carbocycles. The lowest BCUT2D eigenvalue weighted by Crippen LogP contribution is -2.37. The molecule has 0 radical (unpaired) electrons. The number of allylic oxidation sites excluding steroid dienone is 3. The molecule has 1 unspecified atom stereocenters. The largest absolute Gasteiger partial charge is 0.507 e. The second kappa shape index (κ2) is 12.4. The number of cyclic esters (lactones) is 1. The Hall–Kier alpha value is -3.04. The summed E-state index contributed by atoms with van der Waals surface area (Å²) in [7, 11) is 0. The summed E-state index contributed by atoms with van der Waals surface area (Å²) < 4.78 is 5.14. The van der Waals surface area contributed by atoms with Crippen LogP contribution in [0.5, 0.6) is 11.5 Å². The number of rotatable bonds is 3. The van der Waals surface area contributed by atoms with E-state index in [1.807, 2.05) is 6.08 Å². The molecule has 2 heterocycles. The van der Waals surface area contributed by atoms with Gasteiger partial charge in [0.1, 0.15) is 29.8 Å². The molecule has 1 aromatic rings. The molecule has 184 valence electrons. The highest BCUT2D eigenvalue weighted by Crippen LogP contribution is 2.37. The molecule has 0 saturated carbocycles. The summed E-state index contributed by atoms with van der Waals surface area (Å²) in [6, 6.07) is 0.947. The summed E-state index contributed by atoms with van der Waals surface area (Å²) in [6.45, 7) is 0.853. The lowest BCUT2D eigenvalue weighted by Gasteiger charge is -2.26. The highest BCUT2D eigenvalue weighted by molar-refractivity contribution is 6.33. The van der Waals surface area contributed by atoms with Crippen LogP contribution >= 0.6 is 11.6 Å². The van der Waals surface area contributed by atoms with Gasteiger partial charge in [-0.3, -0.25) is 4.79 Å². The van der Waals surface area contributed by atoms with Crippen molar-refractivity contribution in [3.05, 3.63) is 46.5 Å². The van der Waals surface area contributed by atoms with E-state index in [4.69, 9.17) is 21.2 Å². The monoisotopic (exact) mass is 492 g/mol. The van der Waals surface area contributed by atoms with E-state index in [1.54, 1.807) is 17.1 Å². The zero-order valence-electron chi connectivity index (χ0n) is 18.8. The van der Waals surface area contributed by atoms with Gasteiger partial charge < -0.3 is 29.8 Å². The van der Waals surface area contributed by atoms with Gasteiger partial charge >= 0.3 is 5.97 Å². The number of piperidine rings is 1. The number of hydrogen-bond acceptors (Lipinski definition) is 8. The van der Waals surface area contributed by atoms with Crippen molar-refractivity contribution in [2.45, 2.75) is 44.6 Å². The van der Waals surface area contributed by atoms with Gasteiger partial charge in [-0.05, 0) is 43.7 Å². The lowest BCUT2D eigenvalue weighted by atomic mass is 9.99. The summed E-state index contributed by atoms with van der Waals surface area (Å²) in [4.78, 5) is 32.1. The Morgan fingerprint density at radius 1 is 1.18 bits per heavy atom. The number of phenolic OH excluding ortho intramolecular Hbond substituents is 2. The van der Waals surface area contributed by atoms with Crippen molar-refractivity contribution in [2.75, 3.05) is 26.3 Å². The first kappa shape index (κ1) is 25.6. The third-order valence-electron chi connectivity index (χ3n) is 5.52. The van der Waals surface area contributed by atoms with Crippen molar-refractivity contribution in [1.82, 2.24) is 4.90 Å². The maximum atomic E-state index is 12.7. The molecule has 1 amide bonds. The van der Waals surface area contributed by atoms with E-state index in [0.717, 1.165) is 25.3 Å². The third kappa shape index (κ3) is 6.98. The summed E-state index contributed by atoms with van der Waals surface area (Å²) >= 11 is 6.27. The second-order valence-corrected chi connectivity index (χ2v) is 8.51. The summed E-state index contributed by atoms with van der Waals surface area (Å²) in [5.41, 5.74) is 0.163. The quantitative estimate of drug-likeness (QED) is 0.336. The number of aromatic hydroxyl groups is 2. The third-order valence-corrected chi connectivity index (χ3v) is 5.94. The topological polar surface area (TPSA) is 129 Å². The number of halogens is 1. The average Bonchev–Trinajstić information content (AvgIpc) is 2.82. The molecule has 2 aliphatic rings. The number of carbonyl (C=O) groups is 2. The van der Waals surface area contributed by atoms with Gasteiger partial charge in [-0.1, -0.05) is 35.0 Å². The molecular formula is C24H29ClN2O7. The Morgan fingerprint density at radius 2 is 1.91 bits per heavy atom. The number of oxime groups is 1. The van der Waals surface area contributed by atoms with Gasteiger partial charge in [0.2, 0.25) is 0 Å². The number of amides is 1. The van der Waals surface area contributed by atoms with Crippen LogP contribution in [-0.2, 0) is 20.8 Å². The molecule has 1 saturated heterocycles. The Morgan fingerprint density at radius 3 is 2.68 bits per heavy atom. The maximum Gasteiger partial charge on any atom is 0.342 e. The number of fused-ring (bicyclic) bond motifs is 1. The molecule has 1 fully saturated rings. The van der Waals surface area contributed by atoms with Crippen molar-refractivity contribution in [3.8, 4) is 11.5 Å². The van der Waals surface area contributed by atoms with Gasteiger partial charge in [-0.15, -0.1) is 0 Å². The summed E-state index contributed by atoms with van der Waals surface area (Å²) in [5.74, 6) is -2.01. The minimum absolute atomic E-state index is 0.0839. The lowest BCUT2D eigenvalue weighted by molar-refractivity contribution is -0.137. The van der Waals surface area contributed by atoms with Crippen molar-refractivity contribution < 1.29 is 34.5 Å². The number of ether oxygens (including phenoxy) is 1. The predicted molar refractivity (Wildman–Crippen MR) is 126 cm³/mol. The first-order chi connectivity index (χ1) is 16.4. The molecule has 1 aromatic carbocycles. The first-order valence-corrected chi connectivity index (χ1v) is 11.6. The Balaban J connectivity index is 1.88. The van der Waals surface area contributed by atoms with Crippen LogP contribution in [0.15, 0.2) is 35.5 Å². The number of phenols is 2. The molecule has 10 heteroatoms. The highest BCUT2D eigenvalue weighted by atomic mass is 35.5. The zero-order chi connectivity index (χ0) is 24.5. The second-order valence-electron chi connectivity index (χ2n) is 8.13. The SMILES string of the molecule is O=C1OCC(O)/C=C/CC/C=C/C(=N\OCC(=O)N2CCCCC2)Cc2c(Cl)c(O)cc(O)c21. The van der Waals surface area contributed by atoms with Gasteiger partial charge in [0.25, 0.3) is 5.91 Å². The van der Waals surface area contributed by atoms with Crippen LogP contribution in [0, 0.1) is 0 Å². The minimum Gasteiger partial charge on any atom is -0.507 e. The Kier molecular flexibility index (Phi) is 9.35. The van der Waals surface area contributed by atoms with Crippen LogP contribution < -0.4 is 0 Å². The van der Waals surface area contributed by atoms with E-state index < -0.39 is 23.6 Å². The molecular weight excluding hydrogens is 464 g/mol. The first-order valence-electron chi connectivity index (χ1n) is 11.2. The van der Waals surface area contributed by atoms with Crippen LogP contribution in [0.3, 0.4) is 0 Å². The fourth-order valence-electron chi connectivity index (χ4n) is 3.74. The van der Waals surface area contributed by atoms with Crippen LogP contribution in [-0.4, -0.2) is 70.2 Å². The fraction of sp³-hybridized carbons (Fsp3) is 0.458. The smallest absolute Gasteiger partial charge is 0.342 e. The molecule has 9 nitrogen and oxygen atoms in total. The number of esters is 1. The van der Waals surface area contributed by atoms with Crippen LogP contribution in [0.2, 0.25) is 5.02 Å². The fourth-order valence-corrected chi connectivity index (χ4v) is 3.96. The van der Waals surface area contributed by atoms with Crippen molar-refractivity contribution in [2.24, 2.45) is 5.16 Å². The van der Waals surface area contributed by atoms with E-state index in [1.165, 1.54) is 6.08 Å². The van der Waals surface area contributed by atoms with E-state index in [2.05, 4.69) is 5.16 Å². The molecule has 0 spiro atoms. The van der Waals surface area contributed by atoms with E-state index in [0.29, 0.717) is 31.6 Å². The molecule has 0 bridgehead atoms. The minimum atomic E-state index is -1.00. The predicted octanol–water partition coefficient (Wildman–Crippen LogP) is 3.10. The van der Waals surface area contributed by atoms with Gasteiger partial charge in [0, 0.05) is 25.6 Å². The number of likely N-dealkylation sites (tertiary alicyclic amines) is 1. The number of aliphatic hydroxyl groups is 1. The molecule has 2 aliphatic heterocycles. The standard InChI is InChI=1S/C24H29ClN2O7/c25-23-18-12-16(26-34-15-21(31)27-10-6-3-7-11-27)8-4-1-2-5-9-17(28)14-33-24(32)22(18)19(29)13-20(23)30/h4-5,8-9,13,17,28-30H,1-3,6-7,10-12,14-15H2/b8-4+,9-5+,26-16+. The zero-order valence-corrected chi connectivity index (χ0v) is 19.5. The summed E-state index contributed by atoms with van der Waals surface area (Å²) in [5, 5.41) is 34.3. The van der Waals surface area contributed by atoms with Crippen molar-refractivity contribution in [1.29, 1.82) is 0 Å². The molecule has 34 heavy (non-hydrogen) atoms. The summed E-state index contributed by atoms with van der Waals surface area (Å²) in [6.07, 6.45) is 9.96. The van der Waals surface area contributed by atoms with Gasteiger partial charge in [0.05, 0.1) is 10.7 Å². The van der Waals surface area contributed by atoms with Gasteiger partial charge in [-0.25, -0.2) is 4.79 Å². The number of aliphatic hydroxyl groups excluding tert-OH is 1. The van der Waals surface area contributed by atoms with Gasteiger partial charge in [-0.2, -0.15) is 0 Å². The number of hydrogen-bond donors (Lipinski definition) is 3. The van der Waals surface area contributed by atoms with E-state index in [-0.39, 0.29) is 41.7 Å². The number of carbonyl (C=O) groups excluding carboxylic acids is 2. The Bertz CT molecular complexity index is 984. The van der Waals surface area contributed by atoms with Gasteiger partial charge in [0.15, 0.2) is 6.61 Å². The molecule has 3 rings (SSSR count). The molecule has 3 N–H and O–H groups in total. The molecule has 0 aromatic heterocycles. The highest BCUT2D eigenvalue weighted by Gasteiger charge is 2.25. The molecule has 1 atom stereocenters.